The molecule has 7 nitrogen and oxygen atoms in total. The van der Waals surface area contributed by atoms with E-state index in [9.17, 15) is 22.8 Å². The first-order chi connectivity index (χ1) is 15.8. The van der Waals surface area contributed by atoms with E-state index in [2.05, 4.69) is 15.9 Å². The van der Waals surface area contributed by atoms with E-state index in [1.807, 2.05) is 45.0 Å². The third-order valence-corrected chi connectivity index (χ3v) is 8.14. The van der Waals surface area contributed by atoms with Gasteiger partial charge in [0, 0.05) is 0 Å². The predicted octanol–water partition coefficient (Wildman–Crippen LogP) is 4.19. The van der Waals surface area contributed by atoms with Crippen LogP contribution in [0.15, 0.2) is 24.3 Å². The minimum Gasteiger partial charge on any atom is -0.466 e. The fraction of sp³-hybridized carbons (Fsp3) is 0.640. The van der Waals surface area contributed by atoms with Gasteiger partial charge in [0.25, 0.3) is 0 Å². The highest BCUT2D eigenvalue weighted by Gasteiger charge is 2.35. The van der Waals surface area contributed by atoms with E-state index in [0.29, 0.717) is 25.9 Å². The molecule has 1 atom stereocenters. The van der Waals surface area contributed by atoms with Gasteiger partial charge in [-0.1, -0.05) is 60.5 Å². The zero-order chi connectivity index (χ0) is 26.0. The number of Topliss-reactive ketones (excluding diaryl/α,β-unsaturated/α-hetero) is 1. The van der Waals surface area contributed by atoms with Crippen LogP contribution in [0.4, 0.5) is 0 Å². The van der Waals surface area contributed by atoms with Crippen molar-refractivity contribution in [2.24, 2.45) is 5.41 Å². The van der Waals surface area contributed by atoms with Crippen LogP contribution in [0.5, 0.6) is 0 Å². The molecule has 0 aliphatic heterocycles. The molecule has 0 saturated heterocycles. The molecular formula is C25H37BrO7S. The third-order valence-electron chi connectivity index (χ3n) is 5.74. The van der Waals surface area contributed by atoms with E-state index in [0.717, 1.165) is 11.1 Å². The summed E-state index contributed by atoms with van der Waals surface area (Å²) in [7, 11) is -3.61. The number of ether oxygens (including phenoxy) is 2. The first kappa shape index (κ1) is 30.3. The Hall–Kier alpha value is -1.74. The van der Waals surface area contributed by atoms with Crippen LogP contribution in [0.25, 0.3) is 0 Å². The normalized spacial score (nSPS) is 13.7. The Kier molecular flexibility index (Phi) is 11.9. The number of carbonyl (C=O) groups excluding carboxylic acids is 3. The molecule has 0 spiro atoms. The first-order valence-electron chi connectivity index (χ1n) is 11.5. The van der Waals surface area contributed by atoms with Crippen molar-refractivity contribution in [3.63, 3.8) is 0 Å². The van der Waals surface area contributed by atoms with Gasteiger partial charge in [0.05, 0.1) is 36.1 Å². The van der Waals surface area contributed by atoms with Crippen molar-refractivity contribution in [3.8, 4) is 0 Å². The van der Waals surface area contributed by atoms with Gasteiger partial charge in [-0.3, -0.25) is 14.4 Å². The van der Waals surface area contributed by atoms with E-state index in [-0.39, 0.29) is 35.9 Å². The SMILES string of the molecule is CCOC(=O)Cc1cccc(C(C)(CCCC(C)(C)CS(=O)(=O)CC(=O)OCC)C(=O)CBr)c1. The standard InChI is InChI=1S/C25H37BrO7S/c1-6-32-22(28)15-19-10-8-11-20(14-19)25(5,21(27)16-26)13-9-12-24(3,4)18-34(30,31)17-23(29)33-7-2/h8,10-11,14H,6-7,9,12-13,15-18H2,1-5H3. The summed E-state index contributed by atoms with van der Waals surface area (Å²) < 4.78 is 34.7. The van der Waals surface area contributed by atoms with Gasteiger partial charge < -0.3 is 9.47 Å². The van der Waals surface area contributed by atoms with E-state index in [4.69, 9.17) is 9.47 Å². The second kappa shape index (κ2) is 13.4. The van der Waals surface area contributed by atoms with Crippen LogP contribution in [0.2, 0.25) is 0 Å². The summed E-state index contributed by atoms with van der Waals surface area (Å²) in [5.74, 6) is -1.82. The van der Waals surface area contributed by atoms with Gasteiger partial charge in [-0.05, 0) is 50.2 Å². The number of esters is 2. The lowest BCUT2D eigenvalue weighted by molar-refractivity contribution is -0.142. The molecule has 0 aliphatic rings. The Balaban J connectivity index is 2.94. The summed E-state index contributed by atoms with van der Waals surface area (Å²) in [5, 5.41) is 0.183. The maximum absolute atomic E-state index is 13.0. The molecule has 34 heavy (non-hydrogen) atoms. The van der Waals surface area contributed by atoms with Crippen LogP contribution < -0.4 is 0 Å². The highest BCUT2D eigenvalue weighted by atomic mass is 79.9. The number of hydrogen-bond donors (Lipinski definition) is 0. The van der Waals surface area contributed by atoms with E-state index >= 15 is 0 Å². The average molecular weight is 562 g/mol. The minimum atomic E-state index is -3.61. The number of sulfone groups is 1. The van der Waals surface area contributed by atoms with Gasteiger partial charge in [-0.15, -0.1) is 0 Å². The molecule has 0 heterocycles. The summed E-state index contributed by atoms with van der Waals surface area (Å²) in [5.41, 5.74) is 0.213. The Morgan fingerprint density at radius 1 is 0.971 bits per heavy atom. The van der Waals surface area contributed by atoms with Gasteiger partial charge in [-0.25, -0.2) is 8.42 Å². The lowest BCUT2D eigenvalue weighted by atomic mass is 9.73. The Morgan fingerprint density at radius 2 is 1.59 bits per heavy atom. The zero-order valence-electron chi connectivity index (χ0n) is 20.8. The number of halogens is 1. The van der Waals surface area contributed by atoms with Gasteiger partial charge in [0.2, 0.25) is 0 Å². The van der Waals surface area contributed by atoms with Crippen LogP contribution in [0, 0.1) is 5.41 Å². The maximum atomic E-state index is 13.0. The molecule has 1 aromatic carbocycles. The smallest absolute Gasteiger partial charge is 0.321 e. The topological polar surface area (TPSA) is 104 Å². The molecule has 0 aliphatic carbocycles. The van der Waals surface area contributed by atoms with Crippen molar-refractivity contribution < 1.29 is 32.3 Å². The second-order valence-corrected chi connectivity index (χ2v) is 12.1. The van der Waals surface area contributed by atoms with Crippen molar-refractivity contribution in [1.29, 1.82) is 0 Å². The highest BCUT2D eigenvalue weighted by molar-refractivity contribution is 9.09. The van der Waals surface area contributed by atoms with E-state index < -0.39 is 32.4 Å². The number of benzene rings is 1. The number of hydrogen-bond acceptors (Lipinski definition) is 7. The number of rotatable bonds is 15. The van der Waals surface area contributed by atoms with Gasteiger partial charge in [0.15, 0.2) is 15.6 Å². The molecule has 1 aromatic rings. The lowest BCUT2D eigenvalue weighted by Gasteiger charge is -2.31. The molecular weight excluding hydrogens is 524 g/mol. The Morgan fingerprint density at radius 3 is 2.18 bits per heavy atom. The molecule has 0 fully saturated rings. The second-order valence-electron chi connectivity index (χ2n) is 9.43. The quantitative estimate of drug-likeness (QED) is 0.234. The van der Waals surface area contributed by atoms with Crippen molar-refractivity contribution in [2.75, 3.05) is 30.0 Å². The third kappa shape index (κ3) is 9.86. The molecule has 1 unspecified atom stereocenters. The van der Waals surface area contributed by atoms with Crippen LogP contribution in [-0.4, -0.2) is 56.2 Å². The summed E-state index contributed by atoms with van der Waals surface area (Å²) in [4.78, 5) is 36.5. The molecule has 0 bridgehead atoms. The van der Waals surface area contributed by atoms with Crippen LogP contribution in [0.1, 0.15) is 65.0 Å². The van der Waals surface area contributed by atoms with Crippen molar-refractivity contribution in [2.45, 2.75) is 65.7 Å². The molecule has 192 valence electrons. The van der Waals surface area contributed by atoms with Crippen LogP contribution in [0.3, 0.4) is 0 Å². The molecule has 0 saturated carbocycles. The molecule has 0 radical (unpaired) electrons. The zero-order valence-corrected chi connectivity index (χ0v) is 23.2. The summed E-state index contributed by atoms with van der Waals surface area (Å²) in [6.07, 6.45) is 1.81. The molecule has 9 heteroatoms. The number of ketones is 1. The Bertz CT molecular complexity index is 956. The average Bonchev–Trinajstić information content (AvgIpc) is 2.71. The lowest BCUT2D eigenvalue weighted by Crippen LogP contribution is -2.35. The van der Waals surface area contributed by atoms with Gasteiger partial charge >= 0.3 is 11.9 Å². The predicted molar refractivity (Wildman–Crippen MR) is 136 cm³/mol. The fourth-order valence-electron chi connectivity index (χ4n) is 4.02. The molecule has 0 N–H and O–H groups in total. The largest absolute Gasteiger partial charge is 0.466 e. The molecule has 0 aromatic heterocycles. The minimum absolute atomic E-state index is 0.00789. The van der Waals surface area contributed by atoms with Crippen LogP contribution in [-0.2, 0) is 45.5 Å². The fourth-order valence-corrected chi connectivity index (χ4v) is 6.51. The van der Waals surface area contributed by atoms with Crippen molar-refractivity contribution in [3.05, 3.63) is 35.4 Å². The van der Waals surface area contributed by atoms with Gasteiger partial charge in [-0.2, -0.15) is 0 Å². The Labute approximate surface area is 212 Å². The summed E-state index contributed by atoms with van der Waals surface area (Å²) >= 11 is 3.29. The first-order valence-corrected chi connectivity index (χ1v) is 14.4. The molecule has 1 rings (SSSR count). The van der Waals surface area contributed by atoms with Crippen LogP contribution >= 0.6 is 15.9 Å². The van der Waals surface area contributed by atoms with E-state index in [1.54, 1.807) is 13.8 Å². The maximum Gasteiger partial charge on any atom is 0.321 e. The monoisotopic (exact) mass is 560 g/mol. The highest BCUT2D eigenvalue weighted by Crippen LogP contribution is 2.35. The van der Waals surface area contributed by atoms with E-state index in [1.165, 1.54) is 0 Å². The van der Waals surface area contributed by atoms with Crippen molar-refractivity contribution >= 4 is 43.5 Å². The van der Waals surface area contributed by atoms with Crippen molar-refractivity contribution in [1.82, 2.24) is 0 Å². The number of carbonyl (C=O) groups is 3. The molecule has 0 amide bonds. The van der Waals surface area contributed by atoms with Gasteiger partial charge in [0.1, 0.15) is 5.75 Å². The number of alkyl halides is 1. The summed E-state index contributed by atoms with van der Waals surface area (Å²) in [6.45, 7) is 9.40. The summed E-state index contributed by atoms with van der Waals surface area (Å²) in [6, 6.07) is 7.41.